The quantitative estimate of drug-likeness (QED) is 0.587. The maximum Gasteiger partial charge on any atom is 0.254 e. The number of carbonyl (C=O) groups is 1. The van der Waals surface area contributed by atoms with E-state index in [1.807, 2.05) is 53.6 Å². The standard InChI is InChI=1S/C27H38N4O4/c1-29(15-12-21-7-5-6-14-28-21)16-13-22-10-11-24(32)26(35-22)27(33)31-19-17-30(18-20-31)23-8-3-4-9-25(23)34-2/h3-9,14,22,24,26,32H,10-13,15-20H2,1-2H3/t22-,24+,26+/m1/s1. The Balaban J connectivity index is 1.24. The Labute approximate surface area is 208 Å². The van der Waals surface area contributed by atoms with Gasteiger partial charge in [-0.1, -0.05) is 18.2 Å². The third-order valence-corrected chi connectivity index (χ3v) is 7.04. The lowest BCUT2D eigenvalue weighted by Gasteiger charge is -2.40. The molecule has 2 aliphatic rings. The number of amides is 1. The van der Waals surface area contributed by atoms with Crippen LogP contribution in [0.3, 0.4) is 0 Å². The second-order valence-electron chi connectivity index (χ2n) is 9.47. The predicted octanol–water partition coefficient (Wildman–Crippen LogP) is 2.21. The fourth-order valence-electron chi connectivity index (χ4n) is 4.88. The topological polar surface area (TPSA) is 78.4 Å². The summed E-state index contributed by atoms with van der Waals surface area (Å²) in [6.45, 7) is 4.45. The minimum Gasteiger partial charge on any atom is -0.495 e. The highest BCUT2D eigenvalue weighted by Crippen LogP contribution is 2.29. The molecule has 2 aliphatic heterocycles. The van der Waals surface area contributed by atoms with Crippen LogP contribution in [0.5, 0.6) is 5.75 Å². The summed E-state index contributed by atoms with van der Waals surface area (Å²) >= 11 is 0. The van der Waals surface area contributed by atoms with Crippen molar-refractivity contribution in [1.82, 2.24) is 14.8 Å². The molecule has 1 N–H and O–H groups in total. The molecule has 2 fully saturated rings. The highest BCUT2D eigenvalue weighted by atomic mass is 16.5. The molecule has 3 heterocycles. The number of likely N-dealkylation sites (N-methyl/N-ethyl adjacent to an activating group) is 1. The molecule has 8 heteroatoms. The number of aromatic nitrogens is 1. The number of methoxy groups -OCH3 is 1. The summed E-state index contributed by atoms with van der Waals surface area (Å²) in [6, 6.07) is 13.9. The van der Waals surface area contributed by atoms with E-state index in [9.17, 15) is 9.90 Å². The van der Waals surface area contributed by atoms with Gasteiger partial charge in [0.25, 0.3) is 5.91 Å². The number of anilines is 1. The SMILES string of the molecule is COc1ccccc1N1CCN(C(=O)[C@H]2O[C@@H](CCN(C)CCc3ccccn3)CC[C@@H]2O)CC1. The van der Waals surface area contributed by atoms with Crippen LogP contribution in [0.4, 0.5) is 5.69 Å². The highest BCUT2D eigenvalue weighted by molar-refractivity contribution is 5.82. The first-order valence-corrected chi connectivity index (χ1v) is 12.6. The van der Waals surface area contributed by atoms with E-state index in [2.05, 4.69) is 21.8 Å². The number of aliphatic hydroxyl groups excluding tert-OH is 1. The molecule has 0 unspecified atom stereocenters. The fraction of sp³-hybridized carbons (Fsp3) is 0.556. The van der Waals surface area contributed by atoms with Crippen LogP contribution >= 0.6 is 0 Å². The normalized spacial score (nSPS) is 22.9. The Morgan fingerprint density at radius 1 is 1.11 bits per heavy atom. The van der Waals surface area contributed by atoms with Gasteiger partial charge in [0.15, 0.2) is 6.10 Å². The Morgan fingerprint density at radius 3 is 2.63 bits per heavy atom. The number of piperazine rings is 1. The number of carbonyl (C=O) groups excluding carboxylic acids is 1. The Bertz CT molecular complexity index is 936. The van der Waals surface area contributed by atoms with E-state index in [1.165, 1.54) is 0 Å². The van der Waals surface area contributed by atoms with Crippen molar-refractivity contribution >= 4 is 11.6 Å². The Kier molecular flexibility index (Phi) is 8.95. The van der Waals surface area contributed by atoms with E-state index in [1.54, 1.807) is 7.11 Å². The lowest BCUT2D eigenvalue weighted by Crippen LogP contribution is -2.56. The minimum absolute atomic E-state index is 0.0143. The van der Waals surface area contributed by atoms with Crippen molar-refractivity contribution in [3.05, 3.63) is 54.4 Å². The summed E-state index contributed by atoms with van der Waals surface area (Å²) in [6.07, 6.45) is 3.42. The number of pyridine rings is 1. The summed E-state index contributed by atoms with van der Waals surface area (Å²) in [4.78, 5) is 24.0. The van der Waals surface area contributed by atoms with Gasteiger partial charge in [-0.3, -0.25) is 9.78 Å². The molecule has 0 spiro atoms. The first kappa shape index (κ1) is 25.4. The number of hydrogen-bond donors (Lipinski definition) is 1. The van der Waals surface area contributed by atoms with Crippen LogP contribution < -0.4 is 9.64 Å². The highest BCUT2D eigenvalue weighted by Gasteiger charge is 2.38. The number of para-hydroxylation sites is 2. The third kappa shape index (κ3) is 6.72. The Hall–Kier alpha value is -2.68. The zero-order chi connectivity index (χ0) is 24.6. The maximum absolute atomic E-state index is 13.3. The van der Waals surface area contributed by atoms with Gasteiger partial charge >= 0.3 is 0 Å². The molecule has 4 rings (SSSR count). The van der Waals surface area contributed by atoms with E-state index in [4.69, 9.17) is 9.47 Å². The van der Waals surface area contributed by atoms with E-state index >= 15 is 0 Å². The molecule has 190 valence electrons. The van der Waals surface area contributed by atoms with Crippen molar-refractivity contribution in [3.8, 4) is 5.75 Å². The summed E-state index contributed by atoms with van der Waals surface area (Å²) in [5.41, 5.74) is 2.14. The van der Waals surface area contributed by atoms with Crippen LogP contribution in [-0.2, 0) is 16.0 Å². The molecular weight excluding hydrogens is 444 g/mol. The molecule has 3 atom stereocenters. The average Bonchev–Trinajstić information content (AvgIpc) is 2.91. The van der Waals surface area contributed by atoms with Crippen LogP contribution in [0.25, 0.3) is 0 Å². The molecule has 0 aliphatic carbocycles. The summed E-state index contributed by atoms with van der Waals surface area (Å²) in [5, 5.41) is 10.6. The molecule has 8 nitrogen and oxygen atoms in total. The second kappa shape index (κ2) is 12.3. The van der Waals surface area contributed by atoms with Crippen LogP contribution in [0, 0.1) is 0 Å². The van der Waals surface area contributed by atoms with Gasteiger partial charge in [0, 0.05) is 57.6 Å². The van der Waals surface area contributed by atoms with Gasteiger partial charge in [0.05, 0.1) is 25.0 Å². The van der Waals surface area contributed by atoms with E-state index in [-0.39, 0.29) is 12.0 Å². The molecule has 2 aromatic rings. The number of hydrogen-bond acceptors (Lipinski definition) is 7. The van der Waals surface area contributed by atoms with Gasteiger partial charge in [-0.2, -0.15) is 0 Å². The number of ether oxygens (including phenoxy) is 2. The van der Waals surface area contributed by atoms with Gasteiger partial charge in [-0.05, 0) is 50.6 Å². The van der Waals surface area contributed by atoms with Crippen LogP contribution in [-0.4, -0.2) is 97.5 Å². The number of aliphatic hydroxyl groups is 1. The smallest absolute Gasteiger partial charge is 0.254 e. The fourth-order valence-corrected chi connectivity index (χ4v) is 4.88. The van der Waals surface area contributed by atoms with Gasteiger partial charge in [0.2, 0.25) is 0 Å². The van der Waals surface area contributed by atoms with Crippen molar-refractivity contribution in [2.75, 3.05) is 58.3 Å². The lowest BCUT2D eigenvalue weighted by molar-refractivity contribution is -0.168. The summed E-state index contributed by atoms with van der Waals surface area (Å²) < 4.78 is 11.7. The van der Waals surface area contributed by atoms with Crippen molar-refractivity contribution in [3.63, 3.8) is 0 Å². The zero-order valence-electron chi connectivity index (χ0n) is 20.9. The number of nitrogens with zero attached hydrogens (tertiary/aromatic N) is 4. The minimum atomic E-state index is -0.773. The maximum atomic E-state index is 13.3. The summed E-state index contributed by atoms with van der Waals surface area (Å²) in [5.74, 6) is 0.747. The van der Waals surface area contributed by atoms with Crippen LogP contribution in [0.15, 0.2) is 48.7 Å². The first-order valence-electron chi connectivity index (χ1n) is 12.6. The molecule has 35 heavy (non-hydrogen) atoms. The van der Waals surface area contributed by atoms with Crippen LogP contribution in [0.2, 0.25) is 0 Å². The Morgan fingerprint density at radius 2 is 1.89 bits per heavy atom. The second-order valence-corrected chi connectivity index (χ2v) is 9.47. The van der Waals surface area contributed by atoms with E-state index in [0.29, 0.717) is 19.5 Å². The zero-order valence-corrected chi connectivity index (χ0v) is 20.9. The number of benzene rings is 1. The number of rotatable bonds is 9. The van der Waals surface area contributed by atoms with Crippen molar-refractivity contribution in [1.29, 1.82) is 0 Å². The van der Waals surface area contributed by atoms with Crippen molar-refractivity contribution < 1.29 is 19.4 Å². The average molecular weight is 483 g/mol. The monoisotopic (exact) mass is 482 g/mol. The largest absolute Gasteiger partial charge is 0.495 e. The van der Waals surface area contributed by atoms with Crippen molar-refractivity contribution in [2.45, 2.75) is 44.0 Å². The van der Waals surface area contributed by atoms with Gasteiger partial charge in [0.1, 0.15) is 5.75 Å². The molecule has 2 saturated heterocycles. The van der Waals surface area contributed by atoms with Crippen molar-refractivity contribution in [2.24, 2.45) is 0 Å². The molecule has 0 saturated carbocycles. The molecule has 0 bridgehead atoms. The molecule has 1 aromatic heterocycles. The predicted molar refractivity (Wildman–Crippen MR) is 136 cm³/mol. The lowest BCUT2D eigenvalue weighted by atomic mass is 9.98. The van der Waals surface area contributed by atoms with E-state index < -0.39 is 12.2 Å². The van der Waals surface area contributed by atoms with E-state index in [0.717, 1.165) is 62.6 Å². The molecule has 1 aromatic carbocycles. The van der Waals surface area contributed by atoms with Gasteiger partial charge in [-0.15, -0.1) is 0 Å². The van der Waals surface area contributed by atoms with Gasteiger partial charge in [-0.25, -0.2) is 0 Å². The molecular formula is C27H38N4O4. The van der Waals surface area contributed by atoms with Crippen LogP contribution in [0.1, 0.15) is 25.0 Å². The molecule has 0 radical (unpaired) electrons. The summed E-state index contributed by atoms with van der Waals surface area (Å²) in [7, 11) is 3.78. The first-order chi connectivity index (χ1) is 17.0. The molecule has 1 amide bonds. The third-order valence-electron chi connectivity index (χ3n) is 7.04. The van der Waals surface area contributed by atoms with Gasteiger partial charge < -0.3 is 29.3 Å².